The van der Waals surface area contributed by atoms with E-state index in [0.717, 1.165) is 52.1 Å². The minimum atomic E-state index is 0.304. The molecule has 1 fully saturated rings. The third kappa shape index (κ3) is 5.04. The first kappa shape index (κ1) is 14.5. The maximum atomic E-state index is 12.1. The molecule has 0 N–H and O–H groups in total. The van der Waals surface area contributed by atoms with Gasteiger partial charge in [0.15, 0.2) is 0 Å². The molecule has 0 aromatic heterocycles. The van der Waals surface area contributed by atoms with Crippen molar-refractivity contribution in [2.45, 2.75) is 26.7 Å². The summed E-state index contributed by atoms with van der Waals surface area (Å²) in [7, 11) is 2.14. The van der Waals surface area contributed by atoms with Crippen molar-refractivity contribution in [1.29, 1.82) is 0 Å². The van der Waals surface area contributed by atoms with Crippen molar-refractivity contribution in [3.8, 4) is 0 Å². The number of nitrogens with zero attached hydrogens (tertiary/aromatic N) is 3. The number of likely N-dealkylation sites (N-methyl/N-ethyl adjacent to an activating group) is 1. The standard InChI is InChI=1S/C13H27N3O/c1-4-6-16(7-5-2)13(17)12-15-10-8-14(3)9-11-15/h4-12H2,1-3H3. The highest BCUT2D eigenvalue weighted by molar-refractivity contribution is 5.78. The van der Waals surface area contributed by atoms with Crippen LogP contribution in [0, 0.1) is 0 Å². The van der Waals surface area contributed by atoms with Gasteiger partial charge in [0.25, 0.3) is 0 Å². The van der Waals surface area contributed by atoms with Gasteiger partial charge in [0, 0.05) is 39.3 Å². The highest BCUT2D eigenvalue weighted by atomic mass is 16.2. The maximum Gasteiger partial charge on any atom is 0.236 e. The number of hydrogen-bond acceptors (Lipinski definition) is 3. The Labute approximate surface area is 106 Å². The van der Waals surface area contributed by atoms with Crippen LogP contribution in [-0.2, 0) is 4.79 Å². The third-order valence-corrected chi connectivity index (χ3v) is 3.29. The second kappa shape index (κ2) is 7.67. The Kier molecular flexibility index (Phi) is 6.52. The topological polar surface area (TPSA) is 26.8 Å². The van der Waals surface area contributed by atoms with Gasteiger partial charge in [-0.2, -0.15) is 0 Å². The monoisotopic (exact) mass is 241 g/mol. The number of piperazine rings is 1. The number of carbonyl (C=O) groups excluding carboxylic acids is 1. The van der Waals surface area contributed by atoms with E-state index in [0.29, 0.717) is 12.5 Å². The van der Waals surface area contributed by atoms with Gasteiger partial charge in [0.2, 0.25) is 5.91 Å². The summed E-state index contributed by atoms with van der Waals surface area (Å²) in [6.45, 7) is 10.9. The SMILES string of the molecule is CCCN(CCC)C(=O)CN1CCN(C)CC1. The molecular formula is C13H27N3O. The minimum Gasteiger partial charge on any atom is -0.342 e. The first-order chi connectivity index (χ1) is 8.17. The Balaban J connectivity index is 2.35. The van der Waals surface area contributed by atoms with Crippen molar-refractivity contribution in [1.82, 2.24) is 14.7 Å². The summed E-state index contributed by atoms with van der Waals surface area (Å²) < 4.78 is 0. The fraction of sp³-hybridized carbons (Fsp3) is 0.923. The number of carbonyl (C=O) groups is 1. The average molecular weight is 241 g/mol. The number of amides is 1. The molecule has 0 aromatic rings. The van der Waals surface area contributed by atoms with Crippen LogP contribution in [0.1, 0.15) is 26.7 Å². The molecule has 1 saturated heterocycles. The van der Waals surface area contributed by atoms with Gasteiger partial charge in [-0.05, 0) is 19.9 Å². The molecule has 17 heavy (non-hydrogen) atoms. The fourth-order valence-electron chi connectivity index (χ4n) is 2.20. The van der Waals surface area contributed by atoms with E-state index in [1.807, 2.05) is 4.90 Å². The van der Waals surface area contributed by atoms with E-state index in [9.17, 15) is 4.79 Å². The molecule has 0 saturated carbocycles. The van der Waals surface area contributed by atoms with Crippen molar-refractivity contribution in [3.63, 3.8) is 0 Å². The molecule has 0 aliphatic carbocycles. The van der Waals surface area contributed by atoms with E-state index in [-0.39, 0.29) is 0 Å². The van der Waals surface area contributed by atoms with Crippen molar-refractivity contribution < 1.29 is 4.79 Å². The van der Waals surface area contributed by atoms with Gasteiger partial charge in [-0.1, -0.05) is 13.8 Å². The summed E-state index contributed by atoms with van der Waals surface area (Å²) in [5.41, 5.74) is 0. The van der Waals surface area contributed by atoms with Crippen LogP contribution in [0.5, 0.6) is 0 Å². The minimum absolute atomic E-state index is 0.304. The summed E-state index contributed by atoms with van der Waals surface area (Å²) in [6.07, 6.45) is 2.10. The Morgan fingerprint density at radius 2 is 1.59 bits per heavy atom. The van der Waals surface area contributed by atoms with Gasteiger partial charge in [-0.25, -0.2) is 0 Å². The average Bonchev–Trinajstić information content (AvgIpc) is 2.32. The van der Waals surface area contributed by atoms with Gasteiger partial charge < -0.3 is 9.80 Å². The molecule has 0 atom stereocenters. The lowest BCUT2D eigenvalue weighted by Crippen LogP contribution is -2.49. The zero-order valence-corrected chi connectivity index (χ0v) is 11.6. The summed E-state index contributed by atoms with van der Waals surface area (Å²) >= 11 is 0. The molecule has 1 aliphatic heterocycles. The van der Waals surface area contributed by atoms with E-state index in [4.69, 9.17) is 0 Å². The third-order valence-electron chi connectivity index (χ3n) is 3.29. The van der Waals surface area contributed by atoms with Crippen LogP contribution in [0.3, 0.4) is 0 Å². The maximum absolute atomic E-state index is 12.1. The smallest absolute Gasteiger partial charge is 0.236 e. The molecule has 1 aliphatic rings. The lowest BCUT2D eigenvalue weighted by atomic mass is 10.3. The lowest BCUT2D eigenvalue weighted by molar-refractivity contribution is -0.132. The quantitative estimate of drug-likeness (QED) is 0.691. The van der Waals surface area contributed by atoms with Crippen molar-refractivity contribution in [2.75, 3.05) is 52.9 Å². The Hall–Kier alpha value is -0.610. The number of hydrogen-bond donors (Lipinski definition) is 0. The molecule has 0 aromatic carbocycles. The molecule has 1 amide bonds. The molecule has 1 rings (SSSR count). The summed E-state index contributed by atoms with van der Waals surface area (Å²) in [5, 5.41) is 0. The predicted molar refractivity (Wildman–Crippen MR) is 71.1 cm³/mol. The van der Waals surface area contributed by atoms with E-state index in [1.54, 1.807) is 0 Å². The van der Waals surface area contributed by atoms with E-state index in [1.165, 1.54) is 0 Å². The zero-order chi connectivity index (χ0) is 12.7. The van der Waals surface area contributed by atoms with Gasteiger partial charge in [-0.3, -0.25) is 9.69 Å². The Morgan fingerprint density at radius 3 is 2.06 bits per heavy atom. The van der Waals surface area contributed by atoms with Crippen LogP contribution in [0.4, 0.5) is 0 Å². The predicted octanol–water partition coefficient (Wildman–Crippen LogP) is 0.882. The molecule has 1 heterocycles. The largest absolute Gasteiger partial charge is 0.342 e. The van der Waals surface area contributed by atoms with Crippen LogP contribution in [-0.4, -0.2) is 73.5 Å². The van der Waals surface area contributed by atoms with Crippen LogP contribution in [0.25, 0.3) is 0 Å². The fourth-order valence-corrected chi connectivity index (χ4v) is 2.20. The van der Waals surface area contributed by atoms with Crippen LogP contribution in [0.15, 0.2) is 0 Å². The van der Waals surface area contributed by atoms with Crippen molar-refractivity contribution >= 4 is 5.91 Å². The molecule has 4 heteroatoms. The van der Waals surface area contributed by atoms with Gasteiger partial charge >= 0.3 is 0 Å². The second-order valence-electron chi connectivity index (χ2n) is 4.96. The van der Waals surface area contributed by atoms with E-state index >= 15 is 0 Å². The van der Waals surface area contributed by atoms with Gasteiger partial charge in [0.05, 0.1) is 6.54 Å². The molecule has 0 spiro atoms. The first-order valence-corrected chi connectivity index (χ1v) is 6.86. The summed E-state index contributed by atoms with van der Waals surface area (Å²) in [4.78, 5) is 18.8. The Bertz CT molecular complexity index is 219. The van der Waals surface area contributed by atoms with Crippen LogP contribution >= 0.6 is 0 Å². The second-order valence-corrected chi connectivity index (χ2v) is 4.96. The van der Waals surface area contributed by atoms with E-state index in [2.05, 4.69) is 30.7 Å². The molecular weight excluding hydrogens is 214 g/mol. The molecule has 0 radical (unpaired) electrons. The lowest BCUT2D eigenvalue weighted by Gasteiger charge is -2.33. The van der Waals surface area contributed by atoms with Crippen molar-refractivity contribution in [2.24, 2.45) is 0 Å². The Morgan fingerprint density at radius 1 is 1.06 bits per heavy atom. The molecule has 4 nitrogen and oxygen atoms in total. The molecule has 0 bridgehead atoms. The van der Waals surface area contributed by atoms with E-state index < -0.39 is 0 Å². The highest BCUT2D eigenvalue weighted by Gasteiger charge is 2.19. The van der Waals surface area contributed by atoms with Crippen LogP contribution in [0.2, 0.25) is 0 Å². The first-order valence-electron chi connectivity index (χ1n) is 6.86. The molecule has 100 valence electrons. The number of rotatable bonds is 6. The highest BCUT2D eigenvalue weighted by Crippen LogP contribution is 2.02. The molecule has 0 unspecified atom stereocenters. The zero-order valence-electron chi connectivity index (χ0n) is 11.6. The van der Waals surface area contributed by atoms with Gasteiger partial charge in [-0.15, -0.1) is 0 Å². The van der Waals surface area contributed by atoms with Crippen LogP contribution < -0.4 is 0 Å². The normalized spacial score (nSPS) is 18.3. The summed E-state index contributed by atoms with van der Waals surface area (Å²) in [5.74, 6) is 0.304. The van der Waals surface area contributed by atoms with Crippen molar-refractivity contribution in [3.05, 3.63) is 0 Å². The van der Waals surface area contributed by atoms with Gasteiger partial charge in [0.1, 0.15) is 0 Å². The summed E-state index contributed by atoms with van der Waals surface area (Å²) in [6, 6.07) is 0.